The van der Waals surface area contributed by atoms with E-state index < -0.39 is 6.09 Å². The van der Waals surface area contributed by atoms with Crippen LogP contribution in [0.4, 0.5) is 10.5 Å². The Bertz CT molecular complexity index is 732. The molecule has 1 aliphatic heterocycles. The summed E-state index contributed by atoms with van der Waals surface area (Å²) in [6, 6.07) is 12.1. The van der Waals surface area contributed by atoms with E-state index in [1.807, 2.05) is 39.0 Å². The van der Waals surface area contributed by atoms with Crippen LogP contribution < -0.4 is 79.4 Å². The van der Waals surface area contributed by atoms with E-state index in [0.717, 1.165) is 11.1 Å². The molecular weight excluding hydrogens is 564 g/mol. The summed E-state index contributed by atoms with van der Waals surface area (Å²) in [5.74, 6) is 0.495. The van der Waals surface area contributed by atoms with E-state index in [0.29, 0.717) is 18.0 Å². The number of hydrogen-bond donors (Lipinski definition) is 2. The number of carbonyl (C=O) groups excluding carboxylic acids is 1. The van der Waals surface area contributed by atoms with Gasteiger partial charge in [-0.15, -0.1) is 0 Å². The van der Waals surface area contributed by atoms with E-state index in [1.165, 1.54) is 6.07 Å². The summed E-state index contributed by atoms with van der Waals surface area (Å²) in [4.78, 5) is 13.8. The molecule has 1 heterocycles. The number of phenols is 1. The second kappa shape index (κ2) is 18.0. The zero-order valence-electron chi connectivity index (χ0n) is 18.6. The number of ether oxygens (including phenoxy) is 1. The quantitative estimate of drug-likeness (QED) is 0.412. The number of nitrogens with zero attached hydrogens (tertiary/aromatic N) is 2. The molecule has 8 heteroatoms. The molecule has 1 atom stereocenters. The number of nitrogen functional groups attached to an aromatic ring is 1. The maximum atomic E-state index is 12.2. The monoisotopic (exact) mass is 595 g/mol. The standard InChI is InChI=1S/C16H16N2O3.C2H6N.C2H6.CH3.Cs.Y/c1-10-14-6-5-13(19)8-15(14)21-16(20)18(10)9-11-3-2-4-12(17)7-11;1-3-2;1-2;;;/h2-8,10,19H,9,17H2,1H3;1-2H3;1-2H3;1H3;;/q;-1;;-1;+1;. The van der Waals surface area contributed by atoms with E-state index in [-0.39, 0.29) is 121 Å². The van der Waals surface area contributed by atoms with Crippen LogP contribution in [0.1, 0.15) is 37.9 Å². The Labute approximate surface area is 259 Å². The summed E-state index contributed by atoms with van der Waals surface area (Å²) < 4.78 is 5.29. The summed E-state index contributed by atoms with van der Waals surface area (Å²) >= 11 is 0. The zero-order valence-corrected chi connectivity index (χ0v) is 27.8. The van der Waals surface area contributed by atoms with E-state index >= 15 is 0 Å². The van der Waals surface area contributed by atoms with E-state index in [2.05, 4.69) is 5.32 Å². The number of phenolic OH excluding ortho intramolecular Hbond substituents is 1. The molecule has 0 bridgehead atoms. The van der Waals surface area contributed by atoms with Gasteiger partial charge in [0.15, 0.2) is 0 Å². The molecule has 0 aromatic heterocycles. The number of hydrogen-bond acceptors (Lipinski definition) is 4. The second-order valence-electron chi connectivity index (χ2n) is 5.59. The van der Waals surface area contributed by atoms with Crippen molar-refractivity contribution < 1.29 is 116 Å². The van der Waals surface area contributed by atoms with Gasteiger partial charge in [0, 0.05) is 56.6 Å². The van der Waals surface area contributed by atoms with Crippen LogP contribution in [0.2, 0.25) is 0 Å². The molecule has 0 saturated heterocycles. The normalized spacial score (nSPS) is 13.3. The fraction of sp³-hybridized carbons (Fsp3) is 0.333. The third-order valence-corrected chi connectivity index (χ3v) is 3.65. The Kier molecular flexibility index (Phi) is 21.2. The number of benzene rings is 2. The molecule has 2 aromatic carbocycles. The second-order valence-corrected chi connectivity index (χ2v) is 5.59. The predicted octanol–water partition coefficient (Wildman–Crippen LogP) is 2.15. The Hall–Kier alpha value is 0.426. The number of anilines is 1. The Morgan fingerprint density at radius 3 is 2.31 bits per heavy atom. The van der Waals surface area contributed by atoms with Gasteiger partial charge in [-0.1, -0.05) is 26.0 Å². The molecule has 2 aromatic rings. The van der Waals surface area contributed by atoms with Gasteiger partial charge < -0.3 is 28.3 Å². The first-order valence-electron chi connectivity index (χ1n) is 8.60. The van der Waals surface area contributed by atoms with Crippen molar-refractivity contribution in [3.8, 4) is 11.5 Å². The summed E-state index contributed by atoms with van der Waals surface area (Å²) in [6.45, 7) is 6.36. The van der Waals surface area contributed by atoms with Gasteiger partial charge in [0.05, 0.1) is 6.04 Å². The summed E-state index contributed by atoms with van der Waals surface area (Å²) in [5, 5.41) is 13.0. The van der Waals surface area contributed by atoms with Crippen molar-refractivity contribution >= 4 is 11.8 Å². The summed E-state index contributed by atoms with van der Waals surface area (Å²) in [7, 11) is 3.50. The largest absolute Gasteiger partial charge is 1.00 e. The van der Waals surface area contributed by atoms with Crippen molar-refractivity contribution in [1.29, 1.82) is 0 Å². The molecule has 0 fully saturated rings. The van der Waals surface area contributed by atoms with Crippen molar-refractivity contribution in [1.82, 2.24) is 4.90 Å². The Morgan fingerprint density at radius 1 is 1.17 bits per heavy atom. The van der Waals surface area contributed by atoms with Crippen molar-refractivity contribution in [3.05, 3.63) is 66.3 Å². The number of carbonyl (C=O) groups is 1. The van der Waals surface area contributed by atoms with Crippen LogP contribution in [-0.2, 0) is 39.3 Å². The van der Waals surface area contributed by atoms with Crippen molar-refractivity contribution in [3.63, 3.8) is 0 Å². The van der Waals surface area contributed by atoms with E-state index in [1.54, 1.807) is 37.2 Å². The molecule has 1 aliphatic rings. The minimum absolute atomic E-state index is 0. The molecule has 1 amide bonds. The smallest absolute Gasteiger partial charge is 0.668 e. The van der Waals surface area contributed by atoms with Crippen LogP contribution in [0.25, 0.3) is 5.32 Å². The van der Waals surface area contributed by atoms with Gasteiger partial charge in [-0.3, -0.25) is 4.90 Å². The van der Waals surface area contributed by atoms with Gasteiger partial charge in [0.2, 0.25) is 0 Å². The van der Waals surface area contributed by atoms with Crippen LogP contribution in [0.3, 0.4) is 0 Å². The average molecular weight is 595 g/mol. The molecule has 3 N–H and O–H groups in total. The van der Waals surface area contributed by atoms with Crippen molar-refractivity contribution in [2.45, 2.75) is 33.4 Å². The topological polar surface area (TPSA) is 89.9 Å². The number of fused-ring (bicyclic) bond motifs is 1. The van der Waals surface area contributed by atoms with Gasteiger partial charge in [0.1, 0.15) is 11.5 Å². The minimum Gasteiger partial charge on any atom is -0.668 e. The average Bonchev–Trinajstić information content (AvgIpc) is 2.61. The SMILES string of the molecule is CC.CC1c2ccc(O)cc2OC(=O)N1Cc1cccc(N)c1.C[N-]C.[CH3-].[Cs+].[Y]. The van der Waals surface area contributed by atoms with E-state index in [9.17, 15) is 9.90 Å². The van der Waals surface area contributed by atoms with Crippen molar-refractivity contribution in [2.75, 3.05) is 19.8 Å². The predicted molar refractivity (Wildman–Crippen MR) is 112 cm³/mol. The molecule has 0 saturated carbocycles. The zero-order chi connectivity index (χ0) is 19.7. The minimum atomic E-state index is -0.428. The number of nitrogens with two attached hydrogens (primary N) is 1. The first-order valence-corrected chi connectivity index (χ1v) is 8.60. The molecule has 0 spiro atoms. The van der Waals surface area contributed by atoms with Crippen LogP contribution in [0.15, 0.2) is 42.5 Å². The summed E-state index contributed by atoms with van der Waals surface area (Å²) in [6.07, 6.45) is -0.428. The number of aromatic hydroxyl groups is 1. The summed E-state index contributed by atoms with van der Waals surface area (Å²) in [5.41, 5.74) is 8.24. The fourth-order valence-corrected chi connectivity index (χ4v) is 2.52. The van der Waals surface area contributed by atoms with Gasteiger partial charge in [-0.2, -0.15) is 14.1 Å². The maximum Gasteiger partial charge on any atom is 1.00 e. The fourth-order valence-electron chi connectivity index (χ4n) is 2.52. The molecule has 3 rings (SSSR count). The first-order chi connectivity index (χ1) is 12.5. The maximum absolute atomic E-state index is 12.2. The van der Waals surface area contributed by atoms with E-state index in [4.69, 9.17) is 10.5 Å². The van der Waals surface area contributed by atoms with Gasteiger partial charge in [-0.25, -0.2) is 4.79 Å². The molecule has 1 radical (unpaired) electrons. The molecular formula is C21H31CsN3O3Y-. The van der Waals surface area contributed by atoms with Crippen LogP contribution >= 0.6 is 0 Å². The first kappa shape index (κ1) is 34.0. The molecule has 153 valence electrons. The van der Waals surface area contributed by atoms with Crippen LogP contribution in [-0.4, -0.2) is 30.2 Å². The molecule has 6 nitrogen and oxygen atoms in total. The van der Waals surface area contributed by atoms with Gasteiger partial charge in [-0.05, 0) is 36.8 Å². The molecule has 1 unspecified atom stereocenters. The van der Waals surface area contributed by atoms with Crippen molar-refractivity contribution in [2.24, 2.45) is 0 Å². The van der Waals surface area contributed by atoms with Gasteiger partial charge in [0.25, 0.3) is 0 Å². The number of amides is 1. The molecule has 29 heavy (non-hydrogen) atoms. The number of rotatable bonds is 2. The molecule has 0 aliphatic carbocycles. The van der Waals surface area contributed by atoms with Crippen LogP contribution in [0, 0.1) is 7.43 Å². The Morgan fingerprint density at radius 2 is 1.76 bits per heavy atom. The third-order valence-electron chi connectivity index (χ3n) is 3.65. The third kappa shape index (κ3) is 10.5. The van der Waals surface area contributed by atoms with Gasteiger partial charge >= 0.3 is 75.0 Å². The van der Waals surface area contributed by atoms with Crippen LogP contribution in [0.5, 0.6) is 11.5 Å². The Balaban J connectivity index is -0.000000777.